The monoisotopic (exact) mass is 455 g/mol. The van der Waals surface area contributed by atoms with E-state index in [-0.39, 0.29) is 21.8 Å². The van der Waals surface area contributed by atoms with Gasteiger partial charge >= 0.3 is 6.18 Å². The number of alkyl halides is 3. The Kier molecular flexibility index (Phi) is 5.99. The predicted octanol–water partition coefficient (Wildman–Crippen LogP) is 4.81. The van der Waals surface area contributed by atoms with Crippen LogP contribution in [-0.2, 0) is 16.2 Å². The van der Waals surface area contributed by atoms with E-state index in [1.54, 1.807) is 0 Å². The number of nitrogens with one attached hydrogen (secondary N) is 2. The number of carbonyl (C=O) groups is 1. The maximum atomic E-state index is 12.8. The van der Waals surface area contributed by atoms with Gasteiger partial charge in [0.2, 0.25) is 0 Å². The van der Waals surface area contributed by atoms with E-state index in [9.17, 15) is 26.4 Å². The lowest BCUT2D eigenvalue weighted by Crippen LogP contribution is -2.16. The zero-order valence-corrected chi connectivity index (χ0v) is 16.5. The van der Waals surface area contributed by atoms with E-state index in [1.807, 2.05) is 0 Å². The lowest BCUT2D eigenvalue weighted by atomic mass is 10.2. The van der Waals surface area contributed by atoms with Crippen LogP contribution in [0, 0.1) is 0 Å². The first-order chi connectivity index (χ1) is 14.0. The molecular weight excluding hydrogens is 443 g/mol. The van der Waals surface area contributed by atoms with Crippen LogP contribution in [0.4, 0.5) is 24.5 Å². The Hall–Kier alpha value is -3.11. The average molecular weight is 456 g/mol. The van der Waals surface area contributed by atoms with Crippen LogP contribution in [0.1, 0.15) is 15.9 Å². The van der Waals surface area contributed by atoms with Gasteiger partial charge in [0.05, 0.1) is 27.9 Å². The van der Waals surface area contributed by atoms with Crippen LogP contribution in [0.25, 0.3) is 0 Å². The number of aromatic nitrogens is 1. The highest BCUT2D eigenvalue weighted by molar-refractivity contribution is 7.92. The highest BCUT2D eigenvalue weighted by Gasteiger charge is 2.30. The van der Waals surface area contributed by atoms with Crippen molar-refractivity contribution in [2.75, 3.05) is 10.0 Å². The van der Waals surface area contributed by atoms with E-state index >= 15 is 0 Å². The van der Waals surface area contributed by atoms with Crippen molar-refractivity contribution >= 4 is 38.9 Å². The zero-order valence-electron chi connectivity index (χ0n) is 14.9. The summed E-state index contributed by atoms with van der Waals surface area (Å²) in [6.45, 7) is 0. The lowest BCUT2D eigenvalue weighted by Gasteiger charge is -2.11. The molecule has 0 fully saturated rings. The van der Waals surface area contributed by atoms with Crippen molar-refractivity contribution in [1.82, 2.24) is 4.98 Å². The van der Waals surface area contributed by atoms with Gasteiger partial charge in [-0.15, -0.1) is 0 Å². The Morgan fingerprint density at radius 1 is 0.967 bits per heavy atom. The molecule has 0 saturated carbocycles. The van der Waals surface area contributed by atoms with E-state index in [0.29, 0.717) is 5.02 Å². The Morgan fingerprint density at radius 3 is 2.33 bits per heavy atom. The number of anilines is 2. The standard InChI is InChI=1S/C19H13ClF3N3O3S/c20-14-4-6-17(7-5-14)30(28,29)26-16-8-12(10-24-11-16)18(27)25-15-3-1-2-13(9-15)19(21,22)23/h1-11,26H,(H,25,27). The van der Waals surface area contributed by atoms with Gasteiger partial charge in [0, 0.05) is 16.9 Å². The van der Waals surface area contributed by atoms with Gasteiger partial charge in [-0.05, 0) is 48.5 Å². The van der Waals surface area contributed by atoms with Crippen LogP contribution in [0.5, 0.6) is 0 Å². The zero-order chi connectivity index (χ0) is 21.9. The summed E-state index contributed by atoms with van der Waals surface area (Å²) in [5.74, 6) is -0.755. The number of carbonyl (C=O) groups excluding carboxylic acids is 1. The van der Waals surface area contributed by atoms with Crippen LogP contribution in [-0.4, -0.2) is 19.3 Å². The minimum Gasteiger partial charge on any atom is -0.322 e. The normalized spacial score (nSPS) is 11.7. The number of hydrogen-bond donors (Lipinski definition) is 2. The SMILES string of the molecule is O=C(Nc1cccc(C(F)(F)F)c1)c1cncc(NS(=O)(=O)c2ccc(Cl)cc2)c1. The van der Waals surface area contributed by atoms with Gasteiger partial charge in [-0.3, -0.25) is 14.5 Å². The van der Waals surface area contributed by atoms with E-state index in [2.05, 4.69) is 15.0 Å². The molecule has 0 aliphatic carbocycles. The minimum atomic E-state index is -4.55. The molecule has 0 aliphatic rings. The Morgan fingerprint density at radius 2 is 1.67 bits per heavy atom. The van der Waals surface area contributed by atoms with Gasteiger partial charge in [0.1, 0.15) is 0 Å². The molecule has 2 aromatic carbocycles. The number of sulfonamides is 1. The Balaban J connectivity index is 1.78. The fourth-order valence-electron chi connectivity index (χ4n) is 2.42. The molecule has 0 radical (unpaired) electrons. The lowest BCUT2D eigenvalue weighted by molar-refractivity contribution is -0.137. The summed E-state index contributed by atoms with van der Waals surface area (Å²) in [4.78, 5) is 16.1. The second kappa shape index (κ2) is 8.33. The highest BCUT2D eigenvalue weighted by Crippen LogP contribution is 2.30. The summed E-state index contributed by atoms with van der Waals surface area (Å²) in [6, 6.07) is 10.8. The van der Waals surface area contributed by atoms with Crippen molar-refractivity contribution in [3.63, 3.8) is 0 Å². The van der Waals surface area contributed by atoms with Gasteiger partial charge in [0.25, 0.3) is 15.9 Å². The first-order valence-electron chi connectivity index (χ1n) is 8.27. The molecule has 156 valence electrons. The van der Waals surface area contributed by atoms with Crippen LogP contribution in [0.15, 0.2) is 71.9 Å². The van der Waals surface area contributed by atoms with Crippen LogP contribution < -0.4 is 10.0 Å². The molecule has 2 N–H and O–H groups in total. The van der Waals surface area contributed by atoms with Gasteiger partial charge in [-0.25, -0.2) is 8.42 Å². The number of hydrogen-bond acceptors (Lipinski definition) is 4. The highest BCUT2D eigenvalue weighted by atomic mass is 35.5. The van der Waals surface area contributed by atoms with Crippen molar-refractivity contribution < 1.29 is 26.4 Å². The summed E-state index contributed by atoms with van der Waals surface area (Å²) < 4.78 is 65.6. The van der Waals surface area contributed by atoms with Gasteiger partial charge < -0.3 is 5.32 Å². The third kappa shape index (κ3) is 5.28. The molecule has 0 aliphatic heterocycles. The average Bonchev–Trinajstić information content (AvgIpc) is 2.68. The summed E-state index contributed by atoms with van der Waals surface area (Å²) >= 11 is 5.75. The molecule has 0 unspecified atom stereocenters. The number of amides is 1. The molecule has 0 saturated heterocycles. The largest absolute Gasteiger partial charge is 0.416 e. The topological polar surface area (TPSA) is 88.2 Å². The fourth-order valence-corrected chi connectivity index (χ4v) is 3.58. The van der Waals surface area contributed by atoms with E-state index in [1.165, 1.54) is 42.6 Å². The third-order valence-corrected chi connectivity index (χ3v) is 5.47. The number of pyridine rings is 1. The Labute approximate surface area is 174 Å². The minimum absolute atomic E-state index is 0.00152. The number of benzene rings is 2. The second-order valence-corrected chi connectivity index (χ2v) is 8.17. The third-order valence-electron chi connectivity index (χ3n) is 3.82. The van der Waals surface area contributed by atoms with Crippen molar-refractivity contribution in [1.29, 1.82) is 0 Å². The summed E-state index contributed by atoms with van der Waals surface area (Å²) in [7, 11) is -3.96. The van der Waals surface area contributed by atoms with Crippen molar-refractivity contribution in [2.45, 2.75) is 11.1 Å². The smallest absolute Gasteiger partial charge is 0.322 e. The van der Waals surface area contributed by atoms with E-state index in [0.717, 1.165) is 24.4 Å². The van der Waals surface area contributed by atoms with Crippen molar-refractivity contribution in [2.24, 2.45) is 0 Å². The van der Waals surface area contributed by atoms with Crippen molar-refractivity contribution in [3.05, 3.63) is 83.1 Å². The van der Waals surface area contributed by atoms with Crippen LogP contribution in [0.2, 0.25) is 5.02 Å². The number of rotatable bonds is 5. The second-order valence-electron chi connectivity index (χ2n) is 6.05. The van der Waals surface area contributed by atoms with Crippen LogP contribution in [0.3, 0.4) is 0 Å². The Bertz CT molecular complexity index is 1180. The summed E-state index contributed by atoms with van der Waals surface area (Å²) in [5.41, 5.74) is -1.03. The molecule has 3 aromatic rings. The molecule has 11 heteroatoms. The molecule has 3 rings (SSSR count). The maximum Gasteiger partial charge on any atom is 0.416 e. The molecule has 1 aromatic heterocycles. The molecule has 6 nitrogen and oxygen atoms in total. The molecule has 0 spiro atoms. The first kappa shape index (κ1) is 21.6. The number of halogens is 4. The molecule has 0 atom stereocenters. The number of nitrogens with zero attached hydrogens (tertiary/aromatic N) is 1. The maximum absolute atomic E-state index is 12.8. The predicted molar refractivity (Wildman–Crippen MR) is 106 cm³/mol. The summed E-state index contributed by atoms with van der Waals surface area (Å²) in [5, 5.41) is 2.69. The van der Waals surface area contributed by atoms with E-state index in [4.69, 9.17) is 11.6 Å². The van der Waals surface area contributed by atoms with E-state index < -0.39 is 27.7 Å². The van der Waals surface area contributed by atoms with Crippen LogP contribution >= 0.6 is 11.6 Å². The van der Waals surface area contributed by atoms with Gasteiger partial charge in [0.15, 0.2) is 0 Å². The molecule has 30 heavy (non-hydrogen) atoms. The molecule has 1 amide bonds. The van der Waals surface area contributed by atoms with Crippen molar-refractivity contribution in [3.8, 4) is 0 Å². The van der Waals surface area contributed by atoms with Gasteiger partial charge in [-0.2, -0.15) is 13.2 Å². The molecular formula is C19H13ClF3N3O3S. The fraction of sp³-hybridized carbons (Fsp3) is 0.0526. The van der Waals surface area contributed by atoms with Gasteiger partial charge in [-0.1, -0.05) is 17.7 Å². The molecule has 0 bridgehead atoms. The quantitative estimate of drug-likeness (QED) is 0.578. The summed E-state index contributed by atoms with van der Waals surface area (Å²) in [6.07, 6.45) is -2.21. The first-order valence-corrected chi connectivity index (χ1v) is 10.1. The molecule has 1 heterocycles.